The van der Waals surface area contributed by atoms with Gasteiger partial charge in [-0.05, 0) is 41.4 Å². The zero-order valence-electron chi connectivity index (χ0n) is 22.4. The molecule has 1 aliphatic carbocycles. The van der Waals surface area contributed by atoms with E-state index >= 15 is 0 Å². The zero-order valence-corrected chi connectivity index (χ0v) is 22.4. The van der Waals surface area contributed by atoms with Crippen LogP contribution in [0.25, 0.3) is 0 Å². The highest BCUT2D eigenvalue weighted by Gasteiger charge is 2.41. The lowest BCUT2D eigenvalue weighted by Crippen LogP contribution is -2.43. The minimum absolute atomic E-state index is 0.0491. The maximum Gasteiger partial charge on any atom is 0.330 e. The van der Waals surface area contributed by atoms with Gasteiger partial charge in [0.1, 0.15) is 6.10 Å². The highest BCUT2D eigenvalue weighted by molar-refractivity contribution is 5.82. The summed E-state index contributed by atoms with van der Waals surface area (Å²) in [6, 6.07) is 20.6. The lowest BCUT2D eigenvalue weighted by Gasteiger charge is -2.43. The van der Waals surface area contributed by atoms with E-state index in [1.54, 1.807) is 6.08 Å². The van der Waals surface area contributed by atoms with Gasteiger partial charge in [-0.25, -0.2) is 4.79 Å². The summed E-state index contributed by atoms with van der Waals surface area (Å²) in [5.41, 5.74) is 2.29. The molecule has 1 aliphatic heterocycles. The van der Waals surface area contributed by atoms with E-state index in [9.17, 15) is 9.90 Å². The van der Waals surface area contributed by atoms with E-state index in [4.69, 9.17) is 14.2 Å². The molecule has 1 saturated heterocycles. The Hall–Kier alpha value is -2.47. The smallest absolute Gasteiger partial charge is 0.330 e. The van der Waals surface area contributed by atoms with Gasteiger partial charge < -0.3 is 19.3 Å². The average Bonchev–Trinajstić information content (AvgIpc) is 2.91. The van der Waals surface area contributed by atoms with Crippen molar-refractivity contribution in [3.05, 3.63) is 83.9 Å². The van der Waals surface area contributed by atoms with Crippen LogP contribution in [0.5, 0.6) is 0 Å². The van der Waals surface area contributed by atoms with Gasteiger partial charge >= 0.3 is 5.97 Å². The van der Waals surface area contributed by atoms with Gasteiger partial charge in [-0.1, -0.05) is 87.9 Å². The Morgan fingerprint density at radius 2 is 1.73 bits per heavy atom. The highest BCUT2D eigenvalue weighted by Crippen LogP contribution is 2.43. The minimum atomic E-state index is -0.329. The van der Waals surface area contributed by atoms with Crippen molar-refractivity contribution in [1.29, 1.82) is 0 Å². The Labute approximate surface area is 221 Å². The monoisotopic (exact) mass is 506 g/mol. The molecule has 37 heavy (non-hydrogen) atoms. The highest BCUT2D eigenvalue weighted by atomic mass is 16.5. The molecule has 2 aliphatic rings. The van der Waals surface area contributed by atoms with Crippen LogP contribution in [0, 0.1) is 11.8 Å². The van der Waals surface area contributed by atoms with Crippen LogP contribution in [-0.4, -0.2) is 42.1 Å². The minimum Gasteiger partial charge on any atom is -0.459 e. The fourth-order valence-corrected chi connectivity index (χ4v) is 5.91. The number of hydrogen-bond acceptors (Lipinski definition) is 5. The summed E-state index contributed by atoms with van der Waals surface area (Å²) in [6.07, 6.45) is 6.81. The average molecular weight is 507 g/mol. The molecular formula is C32H42O5. The van der Waals surface area contributed by atoms with E-state index in [1.165, 1.54) is 11.6 Å². The maximum absolute atomic E-state index is 13.0. The van der Waals surface area contributed by atoms with E-state index in [0.29, 0.717) is 25.4 Å². The van der Waals surface area contributed by atoms with Crippen LogP contribution in [0.15, 0.2) is 72.8 Å². The topological polar surface area (TPSA) is 65.0 Å². The number of carbonyl (C=O) groups excluding carboxylic acids is 1. The van der Waals surface area contributed by atoms with Crippen molar-refractivity contribution in [1.82, 2.24) is 0 Å². The van der Waals surface area contributed by atoms with Crippen LogP contribution < -0.4 is 0 Å². The van der Waals surface area contributed by atoms with Crippen LogP contribution in [0.1, 0.15) is 64.0 Å². The van der Waals surface area contributed by atoms with E-state index in [2.05, 4.69) is 45.0 Å². The molecule has 5 nitrogen and oxygen atoms in total. The van der Waals surface area contributed by atoms with Gasteiger partial charge in [0.15, 0.2) is 0 Å². The van der Waals surface area contributed by atoms with Crippen molar-refractivity contribution in [2.45, 2.75) is 89.3 Å². The SMILES string of the molecule is C[C@@H]1CC[C@@H](C(C)(C)c2ccccc2)[C@H](OC(=O)/C=C/[C@H]2C[C@@H](OCc3ccccc3)C[C@H](CO)O2)C1. The van der Waals surface area contributed by atoms with Crippen molar-refractivity contribution in [3.63, 3.8) is 0 Å². The van der Waals surface area contributed by atoms with E-state index in [1.807, 2.05) is 36.4 Å². The van der Waals surface area contributed by atoms with Crippen molar-refractivity contribution in [3.8, 4) is 0 Å². The standard InChI is InChI=1S/C32H42O5/c1-23-14-16-29(32(2,3)25-12-8-5-9-13-25)30(18-23)37-31(34)17-15-26-19-27(20-28(21-33)36-26)35-22-24-10-6-4-7-11-24/h4-13,15,17,23,26-30,33H,14,16,18-22H2,1-3H3/b17-15+/t23-,26+,27-,28-,29-,30-/m1/s1. The molecule has 0 aromatic heterocycles. The first-order chi connectivity index (χ1) is 17.8. The molecule has 0 radical (unpaired) electrons. The van der Waals surface area contributed by atoms with Crippen LogP contribution in [0.3, 0.4) is 0 Å². The molecule has 0 bridgehead atoms. The van der Waals surface area contributed by atoms with Gasteiger partial charge in [0.05, 0.1) is 31.5 Å². The second-order valence-corrected chi connectivity index (χ2v) is 11.3. The van der Waals surface area contributed by atoms with E-state index in [0.717, 1.165) is 24.8 Å². The summed E-state index contributed by atoms with van der Waals surface area (Å²) in [5, 5.41) is 9.73. The molecule has 0 spiro atoms. The second kappa shape index (κ2) is 12.9. The van der Waals surface area contributed by atoms with Crippen LogP contribution >= 0.6 is 0 Å². The maximum atomic E-state index is 13.0. The van der Waals surface area contributed by atoms with Crippen LogP contribution in [-0.2, 0) is 31.0 Å². The molecule has 1 heterocycles. The summed E-state index contributed by atoms with van der Waals surface area (Å²) in [7, 11) is 0. The third-order valence-corrected chi connectivity index (χ3v) is 8.13. The largest absolute Gasteiger partial charge is 0.459 e. The molecule has 0 amide bonds. The Morgan fingerprint density at radius 3 is 2.43 bits per heavy atom. The number of aliphatic hydroxyl groups is 1. The van der Waals surface area contributed by atoms with E-state index in [-0.39, 0.29) is 48.3 Å². The van der Waals surface area contributed by atoms with Crippen molar-refractivity contribution in [2.75, 3.05) is 6.61 Å². The van der Waals surface area contributed by atoms with Gasteiger partial charge in [0.2, 0.25) is 0 Å². The number of aliphatic hydroxyl groups excluding tert-OH is 1. The lowest BCUT2D eigenvalue weighted by molar-refractivity contribution is -0.150. The predicted molar refractivity (Wildman–Crippen MR) is 145 cm³/mol. The quantitative estimate of drug-likeness (QED) is 0.334. The number of ether oxygens (including phenoxy) is 3. The fourth-order valence-electron chi connectivity index (χ4n) is 5.91. The molecule has 5 heteroatoms. The van der Waals surface area contributed by atoms with Crippen LogP contribution in [0.4, 0.5) is 0 Å². The zero-order chi connectivity index (χ0) is 26.3. The first kappa shape index (κ1) is 27.6. The van der Waals surface area contributed by atoms with Gasteiger partial charge in [0.25, 0.3) is 0 Å². The number of esters is 1. The molecule has 200 valence electrons. The lowest BCUT2D eigenvalue weighted by atomic mass is 9.64. The molecule has 4 rings (SSSR count). The number of benzene rings is 2. The van der Waals surface area contributed by atoms with Gasteiger partial charge in [-0.3, -0.25) is 0 Å². The summed E-state index contributed by atoms with van der Waals surface area (Å²) in [5.74, 6) is 0.451. The van der Waals surface area contributed by atoms with E-state index < -0.39 is 0 Å². The molecule has 6 atom stereocenters. The van der Waals surface area contributed by atoms with Gasteiger partial charge in [0, 0.05) is 24.8 Å². The fraction of sp³-hybridized carbons (Fsp3) is 0.531. The third kappa shape index (κ3) is 7.53. The second-order valence-electron chi connectivity index (χ2n) is 11.3. The number of rotatable bonds is 9. The normalized spacial score (nSPS) is 28.8. The molecule has 2 fully saturated rings. The Morgan fingerprint density at radius 1 is 1.03 bits per heavy atom. The Bertz CT molecular complexity index is 1000. The van der Waals surface area contributed by atoms with Crippen molar-refractivity contribution < 1.29 is 24.1 Å². The molecule has 2 aromatic carbocycles. The summed E-state index contributed by atoms with van der Waals surface area (Å²) < 4.78 is 18.2. The predicted octanol–water partition coefficient (Wildman–Crippen LogP) is 5.99. The molecule has 1 saturated carbocycles. The van der Waals surface area contributed by atoms with Gasteiger partial charge in [-0.15, -0.1) is 0 Å². The first-order valence-corrected chi connectivity index (χ1v) is 13.7. The molecular weight excluding hydrogens is 464 g/mol. The Balaban J connectivity index is 1.37. The molecule has 2 aromatic rings. The summed E-state index contributed by atoms with van der Waals surface area (Å²) in [4.78, 5) is 13.0. The number of hydrogen-bond donors (Lipinski definition) is 1. The number of carbonyl (C=O) groups is 1. The third-order valence-electron chi connectivity index (χ3n) is 8.13. The van der Waals surface area contributed by atoms with Crippen molar-refractivity contribution in [2.24, 2.45) is 11.8 Å². The molecule has 1 N–H and O–H groups in total. The summed E-state index contributed by atoms with van der Waals surface area (Å²) in [6.45, 7) is 7.21. The molecule has 0 unspecified atom stereocenters. The Kier molecular flexibility index (Phi) is 9.58. The van der Waals surface area contributed by atoms with Gasteiger partial charge in [-0.2, -0.15) is 0 Å². The first-order valence-electron chi connectivity index (χ1n) is 13.7. The van der Waals surface area contributed by atoms with Crippen LogP contribution in [0.2, 0.25) is 0 Å². The summed E-state index contributed by atoms with van der Waals surface area (Å²) >= 11 is 0. The van der Waals surface area contributed by atoms with Crippen molar-refractivity contribution >= 4 is 5.97 Å².